The smallest absolute Gasteiger partial charge is 0.0595 e. The molecule has 1 aliphatic heterocycles. The Balaban J connectivity index is 2.00. The quantitative estimate of drug-likeness (QED) is 0.893. The standard InChI is InChI=1S/C15H22Cl2N2/c1-15(2,3)14-10-19(7-6-18-14)9-11-4-5-12(16)13(17)8-11/h4-5,8,14,18H,6-7,9-10H2,1-3H3. The third-order valence-corrected chi connectivity index (χ3v) is 4.43. The Labute approximate surface area is 126 Å². The van der Waals surface area contributed by atoms with E-state index in [-0.39, 0.29) is 5.41 Å². The molecular formula is C15H22Cl2N2. The number of nitrogens with zero attached hydrogens (tertiary/aromatic N) is 1. The van der Waals surface area contributed by atoms with Gasteiger partial charge in [-0.1, -0.05) is 50.0 Å². The molecule has 1 aliphatic rings. The van der Waals surface area contributed by atoms with Crippen molar-refractivity contribution < 1.29 is 0 Å². The summed E-state index contributed by atoms with van der Waals surface area (Å²) in [6.45, 7) is 11.0. The average molecular weight is 301 g/mol. The first-order valence-electron chi connectivity index (χ1n) is 6.76. The minimum atomic E-state index is 0.288. The second-order valence-electron chi connectivity index (χ2n) is 6.36. The number of nitrogens with one attached hydrogen (secondary N) is 1. The largest absolute Gasteiger partial charge is 0.311 e. The van der Waals surface area contributed by atoms with Crippen molar-refractivity contribution in [2.24, 2.45) is 5.41 Å². The molecule has 1 heterocycles. The third-order valence-electron chi connectivity index (χ3n) is 3.70. The van der Waals surface area contributed by atoms with Crippen molar-refractivity contribution in [2.75, 3.05) is 19.6 Å². The van der Waals surface area contributed by atoms with E-state index in [1.54, 1.807) is 0 Å². The van der Waals surface area contributed by atoms with Crippen LogP contribution in [-0.2, 0) is 6.54 Å². The van der Waals surface area contributed by atoms with Crippen LogP contribution >= 0.6 is 23.2 Å². The lowest BCUT2D eigenvalue weighted by molar-refractivity contribution is 0.129. The van der Waals surface area contributed by atoms with E-state index in [1.165, 1.54) is 5.56 Å². The highest BCUT2D eigenvalue weighted by molar-refractivity contribution is 6.42. The van der Waals surface area contributed by atoms with Gasteiger partial charge in [-0.05, 0) is 23.1 Å². The zero-order valence-corrected chi connectivity index (χ0v) is 13.4. The van der Waals surface area contributed by atoms with Crippen LogP contribution in [0.5, 0.6) is 0 Å². The number of hydrogen-bond acceptors (Lipinski definition) is 2. The van der Waals surface area contributed by atoms with Gasteiger partial charge in [0.25, 0.3) is 0 Å². The van der Waals surface area contributed by atoms with Gasteiger partial charge in [0, 0.05) is 32.2 Å². The second-order valence-corrected chi connectivity index (χ2v) is 7.17. The Bertz CT molecular complexity index is 440. The van der Waals surface area contributed by atoms with Gasteiger partial charge >= 0.3 is 0 Å². The van der Waals surface area contributed by atoms with Crippen LogP contribution in [0.3, 0.4) is 0 Å². The number of piperazine rings is 1. The molecule has 0 saturated carbocycles. The summed E-state index contributed by atoms with van der Waals surface area (Å²) in [6.07, 6.45) is 0. The molecule has 1 aromatic rings. The van der Waals surface area contributed by atoms with Gasteiger partial charge < -0.3 is 5.32 Å². The summed E-state index contributed by atoms with van der Waals surface area (Å²) in [4.78, 5) is 2.48. The van der Waals surface area contributed by atoms with Crippen molar-refractivity contribution >= 4 is 23.2 Å². The third kappa shape index (κ3) is 4.09. The molecule has 1 atom stereocenters. The molecule has 0 aromatic heterocycles. The van der Waals surface area contributed by atoms with E-state index in [1.807, 2.05) is 12.1 Å². The molecule has 4 heteroatoms. The maximum absolute atomic E-state index is 6.07. The summed E-state index contributed by atoms with van der Waals surface area (Å²) in [7, 11) is 0. The molecule has 2 rings (SSSR count). The van der Waals surface area contributed by atoms with Crippen molar-refractivity contribution in [1.29, 1.82) is 0 Å². The molecule has 2 nitrogen and oxygen atoms in total. The molecule has 0 amide bonds. The Morgan fingerprint density at radius 2 is 2.00 bits per heavy atom. The fraction of sp³-hybridized carbons (Fsp3) is 0.600. The van der Waals surface area contributed by atoms with Crippen LogP contribution < -0.4 is 5.32 Å². The summed E-state index contributed by atoms with van der Waals surface area (Å²) in [5.41, 5.74) is 1.51. The molecule has 1 unspecified atom stereocenters. The van der Waals surface area contributed by atoms with Crippen molar-refractivity contribution in [2.45, 2.75) is 33.4 Å². The van der Waals surface area contributed by atoms with Gasteiger partial charge in [-0.2, -0.15) is 0 Å². The monoisotopic (exact) mass is 300 g/mol. The molecule has 1 fully saturated rings. The lowest BCUT2D eigenvalue weighted by Crippen LogP contribution is -2.55. The van der Waals surface area contributed by atoms with Crippen LogP contribution in [0.1, 0.15) is 26.3 Å². The van der Waals surface area contributed by atoms with Gasteiger partial charge in [0.05, 0.1) is 10.0 Å². The highest BCUT2D eigenvalue weighted by Crippen LogP contribution is 2.25. The molecule has 0 radical (unpaired) electrons. The van der Waals surface area contributed by atoms with Crippen molar-refractivity contribution in [1.82, 2.24) is 10.2 Å². The van der Waals surface area contributed by atoms with Gasteiger partial charge in [-0.15, -0.1) is 0 Å². The minimum absolute atomic E-state index is 0.288. The lowest BCUT2D eigenvalue weighted by Gasteiger charge is -2.40. The highest BCUT2D eigenvalue weighted by atomic mass is 35.5. The molecule has 106 valence electrons. The van der Waals surface area contributed by atoms with Crippen LogP contribution in [0.25, 0.3) is 0 Å². The Morgan fingerprint density at radius 1 is 1.26 bits per heavy atom. The number of rotatable bonds is 2. The van der Waals surface area contributed by atoms with E-state index >= 15 is 0 Å². The molecule has 1 saturated heterocycles. The van der Waals surface area contributed by atoms with E-state index < -0.39 is 0 Å². The van der Waals surface area contributed by atoms with Crippen LogP contribution in [0.4, 0.5) is 0 Å². The van der Waals surface area contributed by atoms with Crippen molar-refractivity contribution in [3.8, 4) is 0 Å². The number of halogens is 2. The number of benzene rings is 1. The Hall–Kier alpha value is -0.280. The normalized spacial score (nSPS) is 21.6. The fourth-order valence-electron chi connectivity index (χ4n) is 2.43. The maximum Gasteiger partial charge on any atom is 0.0595 e. The van der Waals surface area contributed by atoms with Crippen LogP contribution in [0.15, 0.2) is 18.2 Å². The SMILES string of the molecule is CC(C)(C)C1CN(Cc2ccc(Cl)c(Cl)c2)CCN1. The van der Waals surface area contributed by atoms with Gasteiger partial charge in [0.15, 0.2) is 0 Å². The first kappa shape index (κ1) is 15.1. The maximum atomic E-state index is 6.07. The van der Waals surface area contributed by atoms with Crippen LogP contribution in [0.2, 0.25) is 10.0 Å². The molecule has 0 spiro atoms. The molecule has 19 heavy (non-hydrogen) atoms. The van der Waals surface area contributed by atoms with Gasteiger partial charge in [0.1, 0.15) is 0 Å². The van der Waals surface area contributed by atoms with Crippen LogP contribution in [0, 0.1) is 5.41 Å². The van der Waals surface area contributed by atoms with Gasteiger partial charge in [-0.3, -0.25) is 4.90 Å². The van der Waals surface area contributed by atoms with Gasteiger partial charge in [-0.25, -0.2) is 0 Å². The summed E-state index contributed by atoms with van der Waals surface area (Å²) in [6, 6.07) is 6.44. The summed E-state index contributed by atoms with van der Waals surface area (Å²) in [5, 5.41) is 4.87. The number of hydrogen-bond donors (Lipinski definition) is 1. The lowest BCUT2D eigenvalue weighted by atomic mass is 9.85. The first-order chi connectivity index (χ1) is 8.86. The average Bonchev–Trinajstić information content (AvgIpc) is 2.33. The fourth-order valence-corrected chi connectivity index (χ4v) is 2.75. The van der Waals surface area contributed by atoms with E-state index in [9.17, 15) is 0 Å². The van der Waals surface area contributed by atoms with Crippen molar-refractivity contribution in [3.05, 3.63) is 33.8 Å². The van der Waals surface area contributed by atoms with E-state index in [4.69, 9.17) is 23.2 Å². The summed E-state index contributed by atoms with van der Waals surface area (Å²) < 4.78 is 0. The van der Waals surface area contributed by atoms with E-state index in [2.05, 4.69) is 37.1 Å². The highest BCUT2D eigenvalue weighted by Gasteiger charge is 2.29. The first-order valence-corrected chi connectivity index (χ1v) is 7.51. The molecular weight excluding hydrogens is 279 g/mol. The summed E-state index contributed by atoms with van der Waals surface area (Å²) in [5.74, 6) is 0. The molecule has 1 N–H and O–H groups in total. The molecule has 1 aromatic carbocycles. The second kappa shape index (κ2) is 6.01. The zero-order chi connectivity index (χ0) is 14.0. The van der Waals surface area contributed by atoms with E-state index in [0.29, 0.717) is 16.1 Å². The Morgan fingerprint density at radius 3 is 2.63 bits per heavy atom. The van der Waals surface area contributed by atoms with Gasteiger partial charge in [0.2, 0.25) is 0 Å². The zero-order valence-electron chi connectivity index (χ0n) is 11.8. The topological polar surface area (TPSA) is 15.3 Å². The predicted molar refractivity (Wildman–Crippen MR) is 83.0 cm³/mol. The summed E-state index contributed by atoms with van der Waals surface area (Å²) >= 11 is 12.0. The van der Waals surface area contributed by atoms with Crippen molar-refractivity contribution in [3.63, 3.8) is 0 Å². The van der Waals surface area contributed by atoms with E-state index in [0.717, 1.165) is 26.2 Å². The molecule has 0 aliphatic carbocycles. The molecule has 0 bridgehead atoms. The minimum Gasteiger partial charge on any atom is -0.311 e. The van der Waals surface area contributed by atoms with Crippen LogP contribution in [-0.4, -0.2) is 30.6 Å². The Kier molecular flexibility index (Phi) is 4.78. The predicted octanol–water partition coefficient (Wildman–Crippen LogP) is 3.81.